The van der Waals surface area contributed by atoms with Crippen LogP contribution in [0.4, 0.5) is 0 Å². The van der Waals surface area contributed by atoms with Gasteiger partial charge in [-0.2, -0.15) is 0 Å². The van der Waals surface area contributed by atoms with Gasteiger partial charge in [-0.05, 0) is 53.3 Å². The number of hydrogen-bond acceptors (Lipinski definition) is 7. The second-order valence-corrected chi connectivity index (χ2v) is 10.7. The molecule has 0 aliphatic heterocycles. The standard InChI is InChI=1S/C32H38N4O7/c1-19(2)28(32(42)43)36-31(41)27(17-20-6-4-3-5-7-20)35-30(40)26(18-22-10-14-24(38)15-11-22)34-29(39)25(33)16-21-8-12-23(37)13-9-21/h3-15,19,25-28,37-38H,16-18,33H2,1-2H3,(H,34,39)(H,35,40)(H,36,41)(H,42,43). The molecule has 3 amide bonds. The molecule has 0 aliphatic carbocycles. The number of carboxylic acids is 1. The number of benzene rings is 3. The van der Waals surface area contributed by atoms with Crippen molar-refractivity contribution in [2.45, 2.75) is 57.3 Å². The molecule has 0 bridgehead atoms. The number of amides is 3. The zero-order valence-electron chi connectivity index (χ0n) is 24.1. The van der Waals surface area contributed by atoms with Gasteiger partial charge in [0.25, 0.3) is 0 Å². The topological polar surface area (TPSA) is 191 Å². The Labute approximate surface area is 250 Å². The highest BCUT2D eigenvalue weighted by Gasteiger charge is 2.31. The summed E-state index contributed by atoms with van der Waals surface area (Å²) in [6, 6.07) is 16.8. The molecule has 8 N–H and O–H groups in total. The van der Waals surface area contributed by atoms with Crippen LogP contribution in [0.1, 0.15) is 30.5 Å². The van der Waals surface area contributed by atoms with Crippen LogP contribution in [-0.4, -0.2) is 63.2 Å². The van der Waals surface area contributed by atoms with Gasteiger partial charge in [0, 0.05) is 12.8 Å². The monoisotopic (exact) mass is 590 g/mol. The second-order valence-electron chi connectivity index (χ2n) is 10.7. The molecule has 0 aromatic heterocycles. The van der Waals surface area contributed by atoms with Crippen molar-refractivity contribution >= 4 is 23.7 Å². The largest absolute Gasteiger partial charge is 0.508 e. The van der Waals surface area contributed by atoms with Gasteiger partial charge in [0.05, 0.1) is 6.04 Å². The molecule has 0 fully saturated rings. The summed E-state index contributed by atoms with van der Waals surface area (Å²) in [5.74, 6) is -3.48. The van der Waals surface area contributed by atoms with Gasteiger partial charge in [-0.25, -0.2) is 4.79 Å². The number of carbonyl (C=O) groups is 4. The van der Waals surface area contributed by atoms with Gasteiger partial charge in [0.1, 0.15) is 29.6 Å². The lowest BCUT2D eigenvalue weighted by molar-refractivity contribution is -0.143. The number of rotatable bonds is 14. The number of carboxylic acid groups (broad SMARTS) is 1. The summed E-state index contributed by atoms with van der Waals surface area (Å²) in [6.45, 7) is 3.32. The molecule has 0 spiro atoms. The summed E-state index contributed by atoms with van der Waals surface area (Å²) in [4.78, 5) is 51.9. The summed E-state index contributed by atoms with van der Waals surface area (Å²) in [5, 5.41) is 36.7. The number of nitrogens with one attached hydrogen (secondary N) is 3. The number of hydrogen-bond donors (Lipinski definition) is 7. The quantitative estimate of drug-likeness (QED) is 0.147. The second kappa shape index (κ2) is 15.4. The van der Waals surface area contributed by atoms with E-state index in [1.807, 2.05) is 0 Å². The molecule has 11 nitrogen and oxygen atoms in total. The van der Waals surface area contributed by atoms with E-state index in [1.165, 1.54) is 24.3 Å². The van der Waals surface area contributed by atoms with E-state index in [0.717, 1.165) is 5.56 Å². The van der Waals surface area contributed by atoms with Crippen LogP contribution in [0.25, 0.3) is 0 Å². The van der Waals surface area contributed by atoms with E-state index in [9.17, 15) is 34.5 Å². The van der Waals surface area contributed by atoms with E-state index in [-0.39, 0.29) is 30.8 Å². The van der Waals surface area contributed by atoms with Crippen molar-refractivity contribution in [1.29, 1.82) is 0 Å². The fourth-order valence-corrected chi connectivity index (χ4v) is 4.43. The Balaban J connectivity index is 1.84. The average molecular weight is 591 g/mol. The molecule has 11 heteroatoms. The summed E-state index contributed by atoms with van der Waals surface area (Å²) >= 11 is 0. The van der Waals surface area contributed by atoms with Gasteiger partial charge < -0.3 is 37.0 Å². The molecule has 43 heavy (non-hydrogen) atoms. The molecule has 0 saturated heterocycles. The van der Waals surface area contributed by atoms with Gasteiger partial charge in [-0.1, -0.05) is 68.4 Å². The molecule has 0 radical (unpaired) electrons. The highest BCUT2D eigenvalue weighted by molar-refractivity contribution is 5.94. The maximum atomic E-state index is 13.7. The Morgan fingerprint density at radius 3 is 1.51 bits per heavy atom. The highest BCUT2D eigenvalue weighted by Crippen LogP contribution is 2.14. The third-order valence-electron chi connectivity index (χ3n) is 6.88. The van der Waals surface area contributed by atoms with Gasteiger partial charge in [0.2, 0.25) is 17.7 Å². The lowest BCUT2D eigenvalue weighted by Crippen LogP contribution is -2.58. The molecule has 0 saturated carbocycles. The van der Waals surface area contributed by atoms with Crippen LogP contribution in [0.15, 0.2) is 78.9 Å². The first-order valence-corrected chi connectivity index (χ1v) is 13.9. The minimum absolute atomic E-state index is 0.0210. The first-order valence-electron chi connectivity index (χ1n) is 13.9. The van der Waals surface area contributed by atoms with E-state index in [0.29, 0.717) is 11.1 Å². The van der Waals surface area contributed by atoms with Gasteiger partial charge in [-0.3, -0.25) is 14.4 Å². The van der Waals surface area contributed by atoms with Crippen LogP contribution in [-0.2, 0) is 38.4 Å². The third kappa shape index (κ3) is 10.2. The molecule has 3 aromatic rings. The maximum absolute atomic E-state index is 13.7. The first-order chi connectivity index (χ1) is 20.4. The Hall–Kier alpha value is -4.90. The van der Waals surface area contributed by atoms with E-state index in [1.54, 1.807) is 68.4 Å². The fourth-order valence-electron chi connectivity index (χ4n) is 4.43. The van der Waals surface area contributed by atoms with Crippen LogP contribution in [0.2, 0.25) is 0 Å². The van der Waals surface area contributed by atoms with Crippen LogP contribution in [0.3, 0.4) is 0 Å². The molecular formula is C32H38N4O7. The van der Waals surface area contributed by atoms with Crippen molar-refractivity contribution in [3.05, 3.63) is 95.6 Å². The molecule has 228 valence electrons. The minimum atomic E-state index is -1.20. The molecule has 3 rings (SSSR count). The smallest absolute Gasteiger partial charge is 0.326 e. The Morgan fingerprint density at radius 2 is 1.05 bits per heavy atom. The summed E-state index contributed by atoms with van der Waals surface area (Å²) in [7, 11) is 0. The van der Waals surface area contributed by atoms with E-state index in [4.69, 9.17) is 5.73 Å². The minimum Gasteiger partial charge on any atom is -0.508 e. The molecule has 0 heterocycles. The molecule has 4 atom stereocenters. The lowest BCUT2D eigenvalue weighted by atomic mass is 10.00. The van der Waals surface area contributed by atoms with Crippen molar-refractivity contribution in [3.8, 4) is 11.5 Å². The number of aliphatic carboxylic acids is 1. The lowest BCUT2D eigenvalue weighted by Gasteiger charge is -2.26. The van der Waals surface area contributed by atoms with Crippen LogP contribution < -0.4 is 21.7 Å². The van der Waals surface area contributed by atoms with Gasteiger partial charge in [0.15, 0.2) is 0 Å². The normalized spacial score (nSPS) is 13.8. The highest BCUT2D eigenvalue weighted by atomic mass is 16.4. The van der Waals surface area contributed by atoms with Crippen molar-refractivity contribution < 1.29 is 34.5 Å². The molecular weight excluding hydrogens is 552 g/mol. The third-order valence-corrected chi connectivity index (χ3v) is 6.88. The van der Waals surface area contributed by atoms with Crippen molar-refractivity contribution in [3.63, 3.8) is 0 Å². The molecule has 3 aromatic carbocycles. The zero-order valence-corrected chi connectivity index (χ0v) is 24.1. The Kier molecular flexibility index (Phi) is 11.7. The zero-order chi connectivity index (χ0) is 31.5. The van der Waals surface area contributed by atoms with Crippen molar-refractivity contribution in [1.82, 2.24) is 16.0 Å². The Morgan fingerprint density at radius 1 is 0.628 bits per heavy atom. The fraction of sp³-hybridized carbons (Fsp3) is 0.312. The molecule has 4 unspecified atom stereocenters. The SMILES string of the molecule is CC(C)C(NC(=O)C(Cc1ccccc1)NC(=O)C(Cc1ccc(O)cc1)NC(=O)C(N)Cc1ccc(O)cc1)C(=O)O. The van der Waals surface area contributed by atoms with Gasteiger partial charge >= 0.3 is 5.97 Å². The van der Waals surface area contributed by atoms with E-state index in [2.05, 4.69) is 16.0 Å². The number of nitrogens with two attached hydrogens (primary N) is 1. The number of aromatic hydroxyl groups is 2. The van der Waals surface area contributed by atoms with E-state index >= 15 is 0 Å². The predicted octanol–water partition coefficient (Wildman–Crippen LogP) is 1.65. The summed E-state index contributed by atoms with van der Waals surface area (Å²) < 4.78 is 0. The maximum Gasteiger partial charge on any atom is 0.326 e. The Bertz CT molecular complexity index is 1380. The number of carbonyl (C=O) groups excluding carboxylic acids is 3. The summed E-state index contributed by atoms with van der Waals surface area (Å²) in [6.07, 6.45) is 0.237. The van der Waals surface area contributed by atoms with E-state index < -0.39 is 53.8 Å². The summed E-state index contributed by atoms with van der Waals surface area (Å²) in [5.41, 5.74) is 8.22. The first kappa shape index (κ1) is 32.6. The average Bonchev–Trinajstić information content (AvgIpc) is 2.97. The predicted molar refractivity (Wildman–Crippen MR) is 160 cm³/mol. The number of phenols is 2. The molecule has 0 aliphatic rings. The van der Waals surface area contributed by atoms with Gasteiger partial charge in [-0.15, -0.1) is 0 Å². The van der Waals surface area contributed by atoms with Crippen LogP contribution in [0, 0.1) is 5.92 Å². The van der Waals surface area contributed by atoms with Crippen LogP contribution >= 0.6 is 0 Å². The van der Waals surface area contributed by atoms with Crippen molar-refractivity contribution in [2.75, 3.05) is 0 Å². The number of phenolic OH excluding ortho intramolecular Hbond substituents is 2. The van der Waals surface area contributed by atoms with Crippen molar-refractivity contribution in [2.24, 2.45) is 11.7 Å². The van der Waals surface area contributed by atoms with Crippen LogP contribution in [0.5, 0.6) is 11.5 Å².